The zero-order valence-corrected chi connectivity index (χ0v) is 13.2. The first kappa shape index (κ1) is 15.4. The number of halogens is 2. The third-order valence-electron chi connectivity index (χ3n) is 3.57. The zero-order chi connectivity index (χ0) is 14.5. The molecule has 1 atom stereocenters. The van der Waals surface area contributed by atoms with Crippen LogP contribution in [0.15, 0.2) is 22.7 Å². The molecule has 1 fully saturated rings. The SMILES string of the molecule is CCCN(CC1CCCN1)C(=O)c1cccc(F)c1Br. The summed E-state index contributed by atoms with van der Waals surface area (Å²) in [7, 11) is 0. The fourth-order valence-electron chi connectivity index (χ4n) is 2.56. The van der Waals surface area contributed by atoms with Crippen LogP contribution in [0.3, 0.4) is 0 Å². The summed E-state index contributed by atoms with van der Waals surface area (Å²) in [6, 6.07) is 4.95. The molecule has 2 rings (SSSR count). The van der Waals surface area contributed by atoms with Crippen molar-refractivity contribution < 1.29 is 9.18 Å². The molecule has 1 unspecified atom stereocenters. The van der Waals surface area contributed by atoms with Gasteiger partial charge in [0.1, 0.15) is 5.82 Å². The fraction of sp³-hybridized carbons (Fsp3) is 0.533. The molecule has 0 spiro atoms. The van der Waals surface area contributed by atoms with Crippen molar-refractivity contribution in [1.29, 1.82) is 0 Å². The van der Waals surface area contributed by atoms with Gasteiger partial charge in [-0.1, -0.05) is 13.0 Å². The lowest BCUT2D eigenvalue weighted by Gasteiger charge is -2.26. The summed E-state index contributed by atoms with van der Waals surface area (Å²) >= 11 is 3.17. The van der Waals surface area contributed by atoms with E-state index in [0.29, 0.717) is 24.7 Å². The van der Waals surface area contributed by atoms with Crippen LogP contribution in [0.2, 0.25) is 0 Å². The Morgan fingerprint density at radius 2 is 2.35 bits per heavy atom. The van der Waals surface area contributed by atoms with Crippen LogP contribution in [0.25, 0.3) is 0 Å². The number of amides is 1. The molecule has 1 aromatic rings. The molecule has 5 heteroatoms. The normalized spacial score (nSPS) is 18.2. The second-order valence-electron chi connectivity index (χ2n) is 5.15. The summed E-state index contributed by atoms with van der Waals surface area (Å²) in [6.45, 7) is 4.45. The molecule has 1 saturated heterocycles. The maximum absolute atomic E-state index is 13.6. The van der Waals surface area contributed by atoms with Crippen molar-refractivity contribution in [3.63, 3.8) is 0 Å². The van der Waals surface area contributed by atoms with Gasteiger partial charge in [-0.3, -0.25) is 4.79 Å². The predicted octanol–water partition coefficient (Wildman–Crippen LogP) is 3.19. The van der Waals surface area contributed by atoms with Gasteiger partial charge in [0.15, 0.2) is 0 Å². The molecule has 1 aromatic carbocycles. The van der Waals surface area contributed by atoms with Crippen LogP contribution in [0.4, 0.5) is 4.39 Å². The first-order valence-corrected chi connectivity index (χ1v) is 7.89. The van der Waals surface area contributed by atoms with Crippen LogP contribution in [0.5, 0.6) is 0 Å². The number of benzene rings is 1. The van der Waals surface area contributed by atoms with E-state index in [4.69, 9.17) is 0 Å². The average molecular weight is 343 g/mol. The third kappa shape index (κ3) is 3.58. The minimum absolute atomic E-state index is 0.105. The fourth-order valence-corrected chi connectivity index (χ4v) is 3.00. The van der Waals surface area contributed by atoms with Gasteiger partial charge in [0, 0.05) is 19.1 Å². The highest BCUT2D eigenvalue weighted by Crippen LogP contribution is 2.22. The van der Waals surface area contributed by atoms with Gasteiger partial charge in [-0.25, -0.2) is 4.39 Å². The van der Waals surface area contributed by atoms with Crippen molar-refractivity contribution in [3.8, 4) is 0 Å². The van der Waals surface area contributed by atoms with Crippen LogP contribution in [-0.4, -0.2) is 36.5 Å². The van der Waals surface area contributed by atoms with E-state index < -0.39 is 5.82 Å². The Morgan fingerprint density at radius 3 is 3.00 bits per heavy atom. The summed E-state index contributed by atoms with van der Waals surface area (Å²) in [5.74, 6) is -0.502. The van der Waals surface area contributed by atoms with Crippen molar-refractivity contribution in [2.24, 2.45) is 0 Å². The molecule has 20 heavy (non-hydrogen) atoms. The lowest BCUT2D eigenvalue weighted by molar-refractivity contribution is 0.0740. The van der Waals surface area contributed by atoms with E-state index in [-0.39, 0.29) is 10.4 Å². The molecule has 1 N–H and O–H groups in total. The van der Waals surface area contributed by atoms with Crippen LogP contribution in [0.1, 0.15) is 36.5 Å². The molecule has 0 radical (unpaired) electrons. The van der Waals surface area contributed by atoms with Gasteiger partial charge >= 0.3 is 0 Å². The van der Waals surface area contributed by atoms with Gasteiger partial charge in [-0.2, -0.15) is 0 Å². The number of nitrogens with zero attached hydrogens (tertiary/aromatic N) is 1. The smallest absolute Gasteiger partial charge is 0.255 e. The summed E-state index contributed by atoms with van der Waals surface area (Å²) in [6.07, 6.45) is 3.14. The summed E-state index contributed by atoms with van der Waals surface area (Å²) < 4.78 is 13.8. The molecule has 0 saturated carbocycles. The van der Waals surface area contributed by atoms with E-state index in [0.717, 1.165) is 25.8 Å². The maximum Gasteiger partial charge on any atom is 0.255 e. The Bertz CT molecular complexity index is 475. The second-order valence-corrected chi connectivity index (χ2v) is 5.94. The molecule has 1 aliphatic heterocycles. The molecule has 3 nitrogen and oxygen atoms in total. The number of hydrogen-bond donors (Lipinski definition) is 1. The molecular weight excluding hydrogens is 323 g/mol. The quantitative estimate of drug-likeness (QED) is 0.891. The molecular formula is C15H20BrFN2O. The first-order valence-electron chi connectivity index (χ1n) is 7.10. The van der Waals surface area contributed by atoms with Crippen LogP contribution >= 0.6 is 15.9 Å². The van der Waals surface area contributed by atoms with Gasteiger partial charge in [-0.15, -0.1) is 0 Å². The Labute approximate surface area is 127 Å². The van der Waals surface area contributed by atoms with E-state index in [9.17, 15) is 9.18 Å². The molecule has 0 aromatic heterocycles. The van der Waals surface area contributed by atoms with Crippen LogP contribution in [0, 0.1) is 5.82 Å². The predicted molar refractivity (Wildman–Crippen MR) is 81.3 cm³/mol. The largest absolute Gasteiger partial charge is 0.337 e. The number of hydrogen-bond acceptors (Lipinski definition) is 2. The minimum Gasteiger partial charge on any atom is -0.337 e. The number of rotatable bonds is 5. The van der Waals surface area contributed by atoms with E-state index in [1.807, 2.05) is 11.8 Å². The number of carbonyl (C=O) groups is 1. The average Bonchev–Trinajstić information content (AvgIpc) is 2.94. The Balaban J connectivity index is 2.14. The zero-order valence-electron chi connectivity index (χ0n) is 11.7. The topological polar surface area (TPSA) is 32.3 Å². The standard InChI is InChI=1S/C15H20BrFN2O/c1-2-9-19(10-11-5-4-8-18-11)15(20)12-6-3-7-13(17)14(12)16/h3,6-7,11,18H,2,4-5,8-10H2,1H3. The monoisotopic (exact) mass is 342 g/mol. The van der Waals surface area contributed by atoms with E-state index in [1.54, 1.807) is 12.1 Å². The minimum atomic E-state index is -0.397. The third-order valence-corrected chi connectivity index (χ3v) is 4.37. The van der Waals surface area contributed by atoms with E-state index in [1.165, 1.54) is 6.07 Å². The van der Waals surface area contributed by atoms with E-state index >= 15 is 0 Å². The van der Waals surface area contributed by atoms with Gasteiger partial charge in [0.25, 0.3) is 5.91 Å². The van der Waals surface area contributed by atoms with Crippen molar-refractivity contribution >= 4 is 21.8 Å². The molecule has 0 bridgehead atoms. The summed E-state index contributed by atoms with van der Waals surface area (Å²) in [5, 5.41) is 3.40. The Morgan fingerprint density at radius 1 is 1.55 bits per heavy atom. The second kappa shape index (κ2) is 7.18. The molecule has 1 aliphatic rings. The lowest BCUT2D eigenvalue weighted by atomic mass is 10.1. The lowest BCUT2D eigenvalue weighted by Crippen LogP contribution is -2.41. The van der Waals surface area contributed by atoms with Gasteiger partial charge in [0.05, 0.1) is 10.0 Å². The van der Waals surface area contributed by atoms with Gasteiger partial charge in [-0.05, 0) is 53.9 Å². The number of nitrogens with one attached hydrogen (secondary N) is 1. The van der Waals surface area contributed by atoms with Crippen molar-refractivity contribution in [3.05, 3.63) is 34.1 Å². The number of carbonyl (C=O) groups excluding carboxylic acids is 1. The van der Waals surface area contributed by atoms with Crippen molar-refractivity contribution in [1.82, 2.24) is 10.2 Å². The highest BCUT2D eigenvalue weighted by molar-refractivity contribution is 9.10. The molecule has 110 valence electrons. The van der Waals surface area contributed by atoms with Crippen molar-refractivity contribution in [2.45, 2.75) is 32.2 Å². The molecule has 1 amide bonds. The van der Waals surface area contributed by atoms with Gasteiger partial charge < -0.3 is 10.2 Å². The van der Waals surface area contributed by atoms with Crippen molar-refractivity contribution in [2.75, 3.05) is 19.6 Å². The maximum atomic E-state index is 13.6. The first-order chi connectivity index (χ1) is 9.63. The molecule has 0 aliphatic carbocycles. The van der Waals surface area contributed by atoms with Crippen LogP contribution in [-0.2, 0) is 0 Å². The van der Waals surface area contributed by atoms with Crippen LogP contribution < -0.4 is 5.32 Å². The van der Waals surface area contributed by atoms with E-state index in [2.05, 4.69) is 21.2 Å². The summed E-state index contributed by atoms with van der Waals surface area (Å²) in [5.41, 5.74) is 0.399. The summed E-state index contributed by atoms with van der Waals surface area (Å²) in [4.78, 5) is 14.4. The Hall–Kier alpha value is -0.940. The van der Waals surface area contributed by atoms with Gasteiger partial charge in [0.2, 0.25) is 0 Å². The highest BCUT2D eigenvalue weighted by Gasteiger charge is 2.23. The molecule has 1 heterocycles. The Kier molecular flexibility index (Phi) is 5.54. The highest BCUT2D eigenvalue weighted by atomic mass is 79.9.